The average Bonchev–Trinajstić information content (AvgIpc) is 2.46. The van der Waals surface area contributed by atoms with E-state index in [0.29, 0.717) is 18.5 Å². The summed E-state index contributed by atoms with van der Waals surface area (Å²) < 4.78 is 0. The lowest BCUT2D eigenvalue weighted by molar-refractivity contribution is -0.384. The van der Waals surface area contributed by atoms with Gasteiger partial charge in [-0.3, -0.25) is 10.1 Å². The van der Waals surface area contributed by atoms with Crippen LogP contribution in [0.2, 0.25) is 0 Å². The Bertz CT molecular complexity index is 428. The van der Waals surface area contributed by atoms with Gasteiger partial charge in [0.1, 0.15) is 0 Å². The van der Waals surface area contributed by atoms with Crippen molar-refractivity contribution in [3.8, 4) is 0 Å². The fourth-order valence-electron chi connectivity index (χ4n) is 2.59. The molecule has 104 valence electrons. The largest absolute Gasteiger partial charge is 0.396 e. The summed E-state index contributed by atoms with van der Waals surface area (Å²) in [6, 6.07) is 7.21. The lowest BCUT2D eigenvalue weighted by atomic mass is 9.86. The van der Waals surface area contributed by atoms with Crippen LogP contribution in [-0.4, -0.2) is 22.7 Å². The minimum Gasteiger partial charge on any atom is -0.396 e. The number of non-ortho nitro benzene ring substituents is 1. The van der Waals surface area contributed by atoms with E-state index in [1.165, 1.54) is 6.07 Å². The van der Waals surface area contributed by atoms with Gasteiger partial charge in [0.15, 0.2) is 0 Å². The van der Waals surface area contributed by atoms with Gasteiger partial charge in [0.05, 0.1) is 4.92 Å². The van der Waals surface area contributed by atoms with E-state index in [1.807, 2.05) is 6.07 Å². The zero-order chi connectivity index (χ0) is 13.7. The van der Waals surface area contributed by atoms with E-state index in [0.717, 1.165) is 31.2 Å². The summed E-state index contributed by atoms with van der Waals surface area (Å²) in [5.74, 6) is 0.455. The first-order valence-corrected chi connectivity index (χ1v) is 6.76. The van der Waals surface area contributed by atoms with Gasteiger partial charge in [-0.05, 0) is 37.2 Å². The standard InChI is InChI=1S/C14H20N2O3/c17-10-11-4-6-13(7-5-11)15-9-12-2-1-3-14(8-12)16(18)19/h1-3,8,11,13,15,17H,4-7,9-10H2. The van der Waals surface area contributed by atoms with Crippen molar-refractivity contribution in [1.82, 2.24) is 5.32 Å². The van der Waals surface area contributed by atoms with Crippen LogP contribution in [0.1, 0.15) is 31.2 Å². The first-order valence-electron chi connectivity index (χ1n) is 6.76. The number of rotatable bonds is 5. The van der Waals surface area contributed by atoms with Crippen LogP contribution in [0.4, 0.5) is 5.69 Å². The number of nitro benzene ring substituents is 1. The summed E-state index contributed by atoms with van der Waals surface area (Å²) in [5, 5.41) is 23.2. The van der Waals surface area contributed by atoms with Gasteiger partial charge in [-0.25, -0.2) is 0 Å². The van der Waals surface area contributed by atoms with Gasteiger partial charge in [0.25, 0.3) is 5.69 Å². The van der Waals surface area contributed by atoms with Gasteiger partial charge in [-0.1, -0.05) is 12.1 Å². The van der Waals surface area contributed by atoms with E-state index < -0.39 is 0 Å². The molecule has 1 saturated carbocycles. The molecular weight excluding hydrogens is 244 g/mol. The highest BCUT2D eigenvalue weighted by Gasteiger charge is 2.20. The Kier molecular flexibility index (Phi) is 4.87. The monoisotopic (exact) mass is 264 g/mol. The Balaban J connectivity index is 1.82. The van der Waals surface area contributed by atoms with Crippen molar-refractivity contribution in [3.63, 3.8) is 0 Å². The van der Waals surface area contributed by atoms with Crippen molar-refractivity contribution in [2.24, 2.45) is 5.92 Å². The van der Waals surface area contributed by atoms with Crippen LogP contribution in [0.25, 0.3) is 0 Å². The number of nitro groups is 1. The second-order valence-corrected chi connectivity index (χ2v) is 5.21. The lowest BCUT2D eigenvalue weighted by Crippen LogP contribution is -2.33. The summed E-state index contributed by atoms with van der Waals surface area (Å²) in [6.45, 7) is 0.952. The van der Waals surface area contributed by atoms with Crippen LogP contribution >= 0.6 is 0 Å². The SMILES string of the molecule is O=[N+]([O-])c1cccc(CNC2CCC(CO)CC2)c1. The third-order valence-corrected chi connectivity index (χ3v) is 3.82. The van der Waals surface area contributed by atoms with Crippen molar-refractivity contribution in [1.29, 1.82) is 0 Å². The molecule has 1 aliphatic carbocycles. The molecule has 1 aromatic carbocycles. The van der Waals surface area contributed by atoms with Crippen molar-refractivity contribution in [2.75, 3.05) is 6.61 Å². The van der Waals surface area contributed by atoms with Crippen molar-refractivity contribution < 1.29 is 10.0 Å². The van der Waals surface area contributed by atoms with Gasteiger partial charge in [0.2, 0.25) is 0 Å². The summed E-state index contributed by atoms with van der Waals surface area (Å²) in [7, 11) is 0. The molecule has 5 heteroatoms. The first kappa shape index (κ1) is 14.0. The zero-order valence-corrected chi connectivity index (χ0v) is 10.9. The number of aliphatic hydroxyl groups is 1. The number of nitrogens with zero attached hydrogens (tertiary/aromatic N) is 1. The number of hydrogen-bond donors (Lipinski definition) is 2. The van der Waals surface area contributed by atoms with E-state index >= 15 is 0 Å². The molecule has 0 aliphatic heterocycles. The van der Waals surface area contributed by atoms with Crippen LogP contribution in [-0.2, 0) is 6.54 Å². The predicted octanol–water partition coefficient (Wildman–Crippen LogP) is 2.24. The highest BCUT2D eigenvalue weighted by molar-refractivity contribution is 5.34. The first-order chi connectivity index (χ1) is 9.19. The number of benzene rings is 1. The van der Waals surface area contributed by atoms with Gasteiger partial charge >= 0.3 is 0 Å². The predicted molar refractivity (Wildman–Crippen MR) is 72.8 cm³/mol. The minimum absolute atomic E-state index is 0.142. The Morgan fingerprint density at radius 1 is 1.32 bits per heavy atom. The highest BCUT2D eigenvalue weighted by atomic mass is 16.6. The molecule has 2 rings (SSSR count). The molecule has 1 aliphatic rings. The average molecular weight is 264 g/mol. The Hall–Kier alpha value is -1.46. The minimum atomic E-state index is -0.365. The Morgan fingerprint density at radius 3 is 2.68 bits per heavy atom. The summed E-state index contributed by atoms with van der Waals surface area (Å²) in [4.78, 5) is 10.3. The normalized spacial score (nSPS) is 23.2. The number of aliphatic hydroxyl groups excluding tert-OH is 1. The van der Waals surface area contributed by atoms with E-state index in [1.54, 1.807) is 12.1 Å². The van der Waals surface area contributed by atoms with Crippen molar-refractivity contribution >= 4 is 5.69 Å². The molecular formula is C14H20N2O3. The molecule has 0 amide bonds. The number of hydrogen-bond acceptors (Lipinski definition) is 4. The van der Waals surface area contributed by atoms with Crippen molar-refractivity contribution in [2.45, 2.75) is 38.3 Å². The molecule has 19 heavy (non-hydrogen) atoms. The molecule has 0 saturated heterocycles. The molecule has 5 nitrogen and oxygen atoms in total. The molecule has 1 aromatic rings. The molecule has 0 unspecified atom stereocenters. The molecule has 2 N–H and O–H groups in total. The van der Waals surface area contributed by atoms with E-state index in [9.17, 15) is 10.1 Å². The van der Waals surface area contributed by atoms with E-state index in [2.05, 4.69) is 5.32 Å². The third kappa shape index (κ3) is 4.01. The molecule has 0 aromatic heterocycles. The fourth-order valence-corrected chi connectivity index (χ4v) is 2.59. The van der Waals surface area contributed by atoms with Gasteiger partial charge in [-0.15, -0.1) is 0 Å². The summed E-state index contributed by atoms with van der Waals surface area (Å²) in [5.41, 5.74) is 1.08. The molecule has 0 radical (unpaired) electrons. The summed E-state index contributed by atoms with van der Waals surface area (Å²) >= 11 is 0. The number of nitrogens with one attached hydrogen (secondary N) is 1. The van der Waals surface area contributed by atoms with Crippen molar-refractivity contribution in [3.05, 3.63) is 39.9 Å². The molecule has 0 bridgehead atoms. The summed E-state index contributed by atoms with van der Waals surface area (Å²) in [6.07, 6.45) is 4.26. The van der Waals surface area contributed by atoms with Crippen LogP contribution < -0.4 is 5.32 Å². The van der Waals surface area contributed by atoms with Crippen LogP contribution in [0.3, 0.4) is 0 Å². The van der Waals surface area contributed by atoms with E-state index in [4.69, 9.17) is 5.11 Å². The van der Waals surface area contributed by atoms with Gasteiger partial charge in [-0.2, -0.15) is 0 Å². The van der Waals surface area contributed by atoms with Crippen LogP contribution in [0.5, 0.6) is 0 Å². The van der Waals surface area contributed by atoms with Gasteiger partial charge in [0, 0.05) is 31.3 Å². The topological polar surface area (TPSA) is 75.4 Å². The molecule has 1 fully saturated rings. The Morgan fingerprint density at radius 2 is 2.05 bits per heavy atom. The second-order valence-electron chi connectivity index (χ2n) is 5.21. The van der Waals surface area contributed by atoms with E-state index in [-0.39, 0.29) is 17.2 Å². The maximum Gasteiger partial charge on any atom is 0.269 e. The van der Waals surface area contributed by atoms with Gasteiger partial charge < -0.3 is 10.4 Å². The zero-order valence-electron chi connectivity index (χ0n) is 10.9. The second kappa shape index (κ2) is 6.63. The fraction of sp³-hybridized carbons (Fsp3) is 0.571. The highest BCUT2D eigenvalue weighted by Crippen LogP contribution is 2.24. The molecule has 0 spiro atoms. The smallest absolute Gasteiger partial charge is 0.269 e. The van der Waals surface area contributed by atoms with Crippen LogP contribution in [0, 0.1) is 16.0 Å². The lowest BCUT2D eigenvalue weighted by Gasteiger charge is -2.28. The quantitative estimate of drug-likeness (QED) is 0.631. The van der Waals surface area contributed by atoms with Crippen LogP contribution in [0.15, 0.2) is 24.3 Å². The maximum absolute atomic E-state index is 10.7. The maximum atomic E-state index is 10.7. The molecule has 0 heterocycles. The Labute approximate surface area is 112 Å². The third-order valence-electron chi connectivity index (χ3n) is 3.82. The molecule has 0 atom stereocenters.